The van der Waals surface area contributed by atoms with Crippen LogP contribution in [-0.4, -0.2) is 45.2 Å². The van der Waals surface area contributed by atoms with Crippen molar-refractivity contribution < 1.29 is 23.4 Å². The summed E-state index contributed by atoms with van der Waals surface area (Å²) in [5.74, 6) is 0. The van der Waals surface area contributed by atoms with Crippen LogP contribution in [0.4, 0.5) is 13.2 Å². The van der Waals surface area contributed by atoms with Gasteiger partial charge in [-0.25, -0.2) is 0 Å². The van der Waals surface area contributed by atoms with E-state index < -0.39 is 29.8 Å². The first kappa shape index (κ1) is 22.2. The lowest BCUT2D eigenvalue weighted by Gasteiger charge is -2.31. The first-order chi connectivity index (χ1) is 11.7. The van der Waals surface area contributed by atoms with Crippen LogP contribution in [0.3, 0.4) is 0 Å². The standard InChI is InChI=1S/C12H10BF3N2.C6H14O2/c13-10-7-17-18(8-10)11(6-12(14,15)16)9-4-2-1-3-5-9;1-5(2,7)6(3,4)8/h1-5,7-8,11H,6H2;7-8H,1-4H3. The number of alkyl halides is 3. The summed E-state index contributed by atoms with van der Waals surface area (Å²) in [6.07, 6.45) is -2.49. The van der Waals surface area contributed by atoms with Gasteiger partial charge in [0.15, 0.2) is 0 Å². The molecule has 0 aliphatic rings. The maximum absolute atomic E-state index is 12.6. The number of hydrogen-bond acceptors (Lipinski definition) is 3. The van der Waals surface area contributed by atoms with Crippen LogP contribution in [0, 0.1) is 0 Å². The highest BCUT2D eigenvalue weighted by atomic mass is 19.4. The highest BCUT2D eigenvalue weighted by Gasteiger charge is 2.34. The SMILES string of the molecule is CC(C)(O)C(C)(C)O.[B]c1cnn(C(CC(F)(F)F)c2ccccc2)c1. The minimum atomic E-state index is -4.26. The first-order valence-corrected chi connectivity index (χ1v) is 8.07. The fourth-order valence-corrected chi connectivity index (χ4v) is 1.78. The van der Waals surface area contributed by atoms with E-state index >= 15 is 0 Å². The van der Waals surface area contributed by atoms with Crippen molar-refractivity contribution in [2.24, 2.45) is 0 Å². The number of benzene rings is 1. The van der Waals surface area contributed by atoms with Gasteiger partial charge in [0.2, 0.25) is 0 Å². The van der Waals surface area contributed by atoms with E-state index in [1.54, 1.807) is 58.0 Å². The van der Waals surface area contributed by atoms with Gasteiger partial charge in [-0.2, -0.15) is 18.3 Å². The van der Waals surface area contributed by atoms with Gasteiger partial charge in [0.25, 0.3) is 0 Å². The molecule has 2 radical (unpaired) electrons. The van der Waals surface area contributed by atoms with Crippen LogP contribution < -0.4 is 5.46 Å². The largest absolute Gasteiger partial charge is 0.391 e. The molecule has 1 aromatic carbocycles. The summed E-state index contributed by atoms with van der Waals surface area (Å²) in [7, 11) is 5.49. The van der Waals surface area contributed by atoms with E-state index in [-0.39, 0.29) is 0 Å². The second kappa shape index (κ2) is 8.27. The smallest absolute Gasteiger partial charge is 0.387 e. The molecule has 2 aromatic rings. The van der Waals surface area contributed by atoms with E-state index in [2.05, 4.69) is 5.10 Å². The Morgan fingerprint density at radius 3 is 1.88 bits per heavy atom. The number of aliphatic hydroxyl groups is 2. The quantitative estimate of drug-likeness (QED) is 0.816. The Labute approximate surface area is 153 Å². The molecule has 142 valence electrons. The summed E-state index contributed by atoms with van der Waals surface area (Å²) < 4.78 is 39.1. The molecule has 8 heteroatoms. The minimum Gasteiger partial charge on any atom is -0.387 e. The first-order valence-electron chi connectivity index (χ1n) is 8.07. The average Bonchev–Trinajstić information content (AvgIpc) is 2.90. The van der Waals surface area contributed by atoms with Crippen LogP contribution in [0.2, 0.25) is 0 Å². The van der Waals surface area contributed by atoms with E-state index in [0.717, 1.165) is 0 Å². The maximum atomic E-state index is 12.6. The van der Waals surface area contributed by atoms with Crippen LogP contribution in [0.1, 0.15) is 45.7 Å². The van der Waals surface area contributed by atoms with Gasteiger partial charge in [0, 0.05) is 12.4 Å². The summed E-state index contributed by atoms with van der Waals surface area (Å²) in [4.78, 5) is 0. The van der Waals surface area contributed by atoms with Crippen molar-refractivity contribution in [1.29, 1.82) is 0 Å². The Morgan fingerprint density at radius 2 is 1.54 bits per heavy atom. The van der Waals surface area contributed by atoms with Crippen LogP contribution >= 0.6 is 0 Å². The zero-order valence-electron chi connectivity index (χ0n) is 15.3. The predicted molar refractivity (Wildman–Crippen MR) is 95.5 cm³/mol. The highest BCUT2D eigenvalue weighted by molar-refractivity contribution is 6.31. The Bertz CT molecular complexity index is 662. The molecule has 2 N–H and O–H groups in total. The normalized spacial score (nSPS) is 13.7. The zero-order chi connectivity index (χ0) is 20.2. The van der Waals surface area contributed by atoms with Gasteiger partial charge in [0.05, 0.1) is 23.7 Å². The van der Waals surface area contributed by atoms with E-state index in [4.69, 9.17) is 18.1 Å². The van der Waals surface area contributed by atoms with Gasteiger partial charge in [-0.1, -0.05) is 35.8 Å². The molecule has 1 atom stereocenters. The van der Waals surface area contributed by atoms with E-state index in [0.29, 0.717) is 11.0 Å². The Balaban J connectivity index is 0.000000359. The van der Waals surface area contributed by atoms with Crippen molar-refractivity contribution in [2.45, 2.75) is 57.5 Å². The lowest BCUT2D eigenvalue weighted by atomic mass is 9.90. The second-order valence-corrected chi connectivity index (χ2v) is 7.12. The lowest BCUT2D eigenvalue weighted by Crippen LogP contribution is -2.44. The Kier molecular flexibility index (Phi) is 7.07. The van der Waals surface area contributed by atoms with Crippen LogP contribution in [-0.2, 0) is 0 Å². The molecule has 1 heterocycles. The number of nitrogens with zero attached hydrogens (tertiary/aromatic N) is 2. The summed E-state index contributed by atoms with van der Waals surface area (Å²) in [5.41, 5.74) is -1.11. The van der Waals surface area contributed by atoms with Crippen LogP contribution in [0.5, 0.6) is 0 Å². The molecule has 0 fully saturated rings. The van der Waals surface area contributed by atoms with E-state index in [1.165, 1.54) is 17.1 Å². The minimum absolute atomic E-state index is 0.345. The van der Waals surface area contributed by atoms with Gasteiger partial charge in [-0.3, -0.25) is 4.68 Å². The van der Waals surface area contributed by atoms with Gasteiger partial charge in [-0.15, -0.1) is 0 Å². The van der Waals surface area contributed by atoms with Crippen LogP contribution in [0.25, 0.3) is 0 Å². The number of rotatable bonds is 4. The molecule has 0 bridgehead atoms. The predicted octanol–water partition coefficient (Wildman–Crippen LogP) is 2.75. The van der Waals surface area contributed by atoms with Crippen molar-refractivity contribution >= 4 is 13.3 Å². The molecule has 0 saturated heterocycles. The van der Waals surface area contributed by atoms with Crippen molar-refractivity contribution in [1.82, 2.24) is 9.78 Å². The van der Waals surface area contributed by atoms with Crippen LogP contribution in [0.15, 0.2) is 42.7 Å². The lowest BCUT2D eigenvalue weighted by molar-refractivity contribution is -0.140. The van der Waals surface area contributed by atoms with Gasteiger partial charge in [-0.05, 0) is 33.3 Å². The highest BCUT2D eigenvalue weighted by Crippen LogP contribution is 2.31. The molecule has 0 spiro atoms. The van der Waals surface area contributed by atoms with E-state index in [1.807, 2.05) is 0 Å². The number of aromatic nitrogens is 2. The molecular formula is C18H24BF3N2O2. The number of hydrogen-bond donors (Lipinski definition) is 2. The molecule has 4 nitrogen and oxygen atoms in total. The fourth-order valence-electron chi connectivity index (χ4n) is 1.78. The van der Waals surface area contributed by atoms with Crippen molar-refractivity contribution in [3.05, 3.63) is 48.3 Å². The fraction of sp³-hybridized carbons (Fsp3) is 0.500. The second-order valence-electron chi connectivity index (χ2n) is 7.12. The number of halogens is 3. The van der Waals surface area contributed by atoms with Crippen molar-refractivity contribution in [3.8, 4) is 0 Å². The molecule has 1 unspecified atom stereocenters. The maximum Gasteiger partial charge on any atom is 0.391 e. The summed E-state index contributed by atoms with van der Waals surface area (Å²) in [6, 6.07) is 7.56. The topological polar surface area (TPSA) is 58.3 Å². The molecule has 1 aromatic heterocycles. The Hall–Kier alpha value is -1.80. The molecule has 0 aliphatic heterocycles. The van der Waals surface area contributed by atoms with Gasteiger partial charge < -0.3 is 10.2 Å². The third-order valence-electron chi connectivity index (χ3n) is 4.05. The molecular weight excluding hydrogens is 344 g/mol. The third kappa shape index (κ3) is 7.21. The zero-order valence-corrected chi connectivity index (χ0v) is 15.3. The average molecular weight is 368 g/mol. The van der Waals surface area contributed by atoms with E-state index in [9.17, 15) is 13.2 Å². The Morgan fingerprint density at radius 1 is 1.04 bits per heavy atom. The summed E-state index contributed by atoms with van der Waals surface area (Å²) in [5, 5.41) is 22.1. The summed E-state index contributed by atoms with van der Waals surface area (Å²) in [6.45, 7) is 6.31. The van der Waals surface area contributed by atoms with Gasteiger partial charge >= 0.3 is 6.18 Å². The molecule has 2 rings (SSSR count). The third-order valence-corrected chi connectivity index (χ3v) is 4.05. The van der Waals surface area contributed by atoms with Crippen molar-refractivity contribution in [2.75, 3.05) is 0 Å². The summed E-state index contributed by atoms with van der Waals surface area (Å²) >= 11 is 0. The van der Waals surface area contributed by atoms with Gasteiger partial charge in [0.1, 0.15) is 7.85 Å². The molecule has 0 aliphatic carbocycles. The monoisotopic (exact) mass is 368 g/mol. The molecule has 0 amide bonds. The molecule has 0 saturated carbocycles. The van der Waals surface area contributed by atoms with Crippen molar-refractivity contribution in [3.63, 3.8) is 0 Å². The molecule has 26 heavy (non-hydrogen) atoms.